The fourth-order valence-corrected chi connectivity index (χ4v) is 3.88. The van der Waals surface area contributed by atoms with Crippen molar-refractivity contribution >= 4 is 55.6 Å². The SMILES string of the molecule is NS(=O)(=O)c1ccc(N=NC2SC(=S)N(c3ccccc3)C2=O)cc1. The fourth-order valence-electron chi connectivity index (χ4n) is 2.10. The van der Waals surface area contributed by atoms with Gasteiger partial charge in [-0.25, -0.2) is 13.6 Å². The molecule has 1 fully saturated rings. The van der Waals surface area contributed by atoms with Crippen LogP contribution in [-0.4, -0.2) is 24.0 Å². The topological polar surface area (TPSA) is 105 Å². The molecule has 0 spiro atoms. The Morgan fingerprint density at radius 2 is 1.72 bits per heavy atom. The maximum absolute atomic E-state index is 12.5. The van der Waals surface area contributed by atoms with Crippen molar-refractivity contribution in [3.8, 4) is 0 Å². The molecule has 25 heavy (non-hydrogen) atoms. The van der Waals surface area contributed by atoms with Crippen molar-refractivity contribution < 1.29 is 13.2 Å². The Morgan fingerprint density at radius 1 is 1.08 bits per heavy atom. The third-order valence-corrected chi connectivity index (χ3v) is 5.59. The lowest BCUT2D eigenvalue weighted by atomic mass is 10.3. The van der Waals surface area contributed by atoms with Crippen LogP contribution < -0.4 is 10.0 Å². The first-order valence-corrected chi connectivity index (χ1v) is 9.83. The summed E-state index contributed by atoms with van der Waals surface area (Å²) in [7, 11) is -3.76. The first-order valence-electron chi connectivity index (χ1n) is 6.99. The van der Waals surface area contributed by atoms with Gasteiger partial charge in [0.2, 0.25) is 15.4 Å². The second-order valence-electron chi connectivity index (χ2n) is 5.00. The second kappa shape index (κ2) is 7.00. The number of carbonyl (C=O) groups excluding carboxylic acids is 1. The summed E-state index contributed by atoms with van der Waals surface area (Å²) in [6.45, 7) is 0. The number of azo groups is 1. The number of nitrogens with two attached hydrogens (primary N) is 1. The van der Waals surface area contributed by atoms with Gasteiger partial charge >= 0.3 is 0 Å². The number of thioether (sulfide) groups is 1. The number of anilines is 1. The van der Waals surface area contributed by atoms with Crippen LogP contribution >= 0.6 is 24.0 Å². The number of primary sulfonamides is 1. The lowest BCUT2D eigenvalue weighted by Gasteiger charge is -2.14. The second-order valence-corrected chi connectivity index (χ2v) is 8.28. The number of amides is 1. The van der Waals surface area contributed by atoms with E-state index in [1.165, 1.54) is 29.2 Å². The van der Waals surface area contributed by atoms with Crippen molar-refractivity contribution in [3.05, 3.63) is 54.6 Å². The van der Waals surface area contributed by atoms with Crippen molar-refractivity contribution in [2.45, 2.75) is 10.3 Å². The largest absolute Gasteiger partial charge is 0.270 e. The summed E-state index contributed by atoms with van der Waals surface area (Å²) in [5, 5.41) is 12.3. The van der Waals surface area contributed by atoms with E-state index >= 15 is 0 Å². The molecule has 1 atom stereocenters. The van der Waals surface area contributed by atoms with Crippen LogP contribution in [0.2, 0.25) is 0 Å². The maximum Gasteiger partial charge on any atom is 0.270 e. The smallest absolute Gasteiger partial charge is 0.270 e. The third-order valence-electron chi connectivity index (χ3n) is 3.28. The molecule has 1 saturated heterocycles. The molecular formula is C15H12N4O3S3. The van der Waals surface area contributed by atoms with E-state index in [1.54, 1.807) is 12.1 Å². The van der Waals surface area contributed by atoms with Crippen molar-refractivity contribution in [1.82, 2.24) is 0 Å². The van der Waals surface area contributed by atoms with Gasteiger partial charge in [0.25, 0.3) is 5.91 Å². The highest BCUT2D eigenvalue weighted by atomic mass is 32.2. The summed E-state index contributed by atoms with van der Waals surface area (Å²) in [6, 6.07) is 14.6. The van der Waals surface area contributed by atoms with Gasteiger partial charge in [0.05, 0.1) is 16.3 Å². The zero-order valence-corrected chi connectivity index (χ0v) is 15.1. The predicted octanol–water partition coefficient (Wildman–Crippen LogP) is 2.81. The Bertz CT molecular complexity index is 944. The monoisotopic (exact) mass is 392 g/mol. The zero-order valence-electron chi connectivity index (χ0n) is 12.6. The maximum atomic E-state index is 12.5. The van der Waals surface area contributed by atoms with Crippen molar-refractivity contribution in [3.63, 3.8) is 0 Å². The average Bonchev–Trinajstić information content (AvgIpc) is 2.87. The number of rotatable bonds is 4. The number of para-hydroxylation sites is 1. The Labute approximate surface area is 154 Å². The van der Waals surface area contributed by atoms with E-state index in [1.807, 2.05) is 18.2 Å². The van der Waals surface area contributed by atoms with E-state index in [0.29, 0.717) is 15.7 Å². The van der Waals surface area contributed by atoms with Gasteiger partial charge in [0.15, 0.2) is 0 Å². The molecule has 0 bridgehead atoms. The normalized spacial score (nSPS) is 18.3. The fraction of sp³-hybridized carbons (Fsp3) is 0.0667. The van der Waals surface area contributed by atoms with E-state index in [9.17, 15) is 13.2 Å². The minimum absolute atomic E-state index is 0.0193. The number of sulfonamides is 1. The van der Waals surface area contributed by atoms with Crippen molar-refractivity contribution in [2.24, 2.45) is 15.4 Å². The Kier molecular flexibility index (Phi) is 4.95. The van der Waals surface area contributed by atoms with Crippen molar-refractivity contribution in [2.75, 3.05) is 4.90 Å². The van der Waals surface area contributed by atoms with Crippen LogP contribution in [0.1, 0.15) is 0 Å². The molecule has 128 valence electrons. The Hall–Kier alpha value is -2.14. The van der Waals surface area contributed by atoms with Gasteiger partial charge in [-0.1, -0.05) is 42.2 Å². The van der Waals surface area contributed by atoms with Gasteiger partial charge in [-0.05, 0) is 36.4 Å². The summed E-state index contributed by atoms with van der Waals surface area (Å²) in [5.41, 5.74) is 1.09. The highest BCUT2D eigenvalue weighted by Gasteiger charge is 2.38. The van der Waals surface area contributed by atoms with Crippen LogP contribution in [0.3, 0.4) is 0 Å². The van der Waals surface area contributed by atoms with E-state index in [4.69, 9.17) is 17.4 Å². The quantitative estimate of drug-likeness (QED) is 0.636. The van der Waals surface area contributed by atoms with Crippen LogP contribution in [0.25, 0.3) is 0 Å². The Balaban J connectivity index is 1.76. The molecule has 3 rings (SSSR count). The highest BCUT2D eigenvalue weighted by Crippen LogP contribution is 2.33. The standard InChI is InChI=1S/C15H12N4O3S3/c16-25(21,22)12-8-6-10(7-9-12)17-18-13-14(20)19(15(23)24-13)11-4-2-1-3-5-11/h1-9,13H,(H2,16,21,22). The molecular weight excluding hydrogens is 380 g/mol. The van der Waals surface area contributed by atoms with Crippen LogP contribution in [0.5, 0.6) is 0 Å². The molecule has 2 aromatic rings. The molecule has 1 amide bonds. The van der Waals surface area contributed by atoms with Crippen LogP contribution in [0.15, 0.2) is 69.7 Å². The molecule has 0 aromatic heterocycles. The molecule has 0 radical (unpaired) electrons. The van der Waals surface area contributed by atoms with Crippen LogP contribution in [0, 0.1) is 0 Å². The minimum atomic E-state index is -3.76. The molecule has 1 aliphatic rings. The van der Waals surface area contributed by atoms with Gasteiger partial charge < -0.3 is 0 Å². The summed E-state index contributed by atoms with van der Waals surface area (Å²) in [5.74, 6) is -0.272. The predicted molar refractivity (Wildman–Crippen MR) is 100 cm³/mol. The van der Waals surface area contributed by atoms with E-state index in [2.05, 4.69) is 10.2 Å². The van der Waals surface area contributed by atoms with E-state index in [-0.39, 0.29) is 10.8 Å². The van der Waals surface area contributed by atoms with Crippen molar-refractivity contribution in [1.29, 1.82) is 0 Å². The van der Waals surface area contributed by atoms with Gasteiger partial charge in [-0.15, -0.1) is 0 Å². The van der Waals surface area contributed by atoms with Crippen LogP contribution in [0.4, 0.5) is 11.4 Å². The van der Waals surface area contributed by atoms with E-state index in [0.717, 1.165) is 11.8 Å². The lowest BCUT2D eigenvalue weighted by molar-refractivity contribution is -0.116. The summed E-state index contributed by atoms with van der Waals surface area (Å²) in [6.07, 6.45) is 0. The molecule has 0 saturated carbocycles. The van der Waals surface area contributed by atoms with Crippen LogP contribution in [-0.2, 0) is 14.8 Å². The number of thiocarbonyl (C=S) groups is 1. The molecule has 7 nitrogen and oxygen atoms in total. The number of nitrogens with zero attached hydrogens (tertiary/aromatic N) is 3. The lowest BCUT2D eigenvalue weighted by Crippen LogP contribution is -2.30. The first kappa shape index (κ1) is 17.7. The number of hydrogen-bond acceptors (Lipinski definition) is 7. The number of benzene rings is 2. The molecule has 1 heterocycles. The average molecular weight is 392 g/mol. The molecule has 2 aromatic carbocycles. The molecule has 0 aliphatic carbocycles. The van der Waals surface area contributed by atoms with Gasteiger partial charge in [-0.2, -0.15) is 10.2 Å². The van der Waals surface area contributed by atoms with Gasteiger partial charge in [0, 0.05) is 0 Å². The van der Waals surface area contributed by atoms with E-state index < -0.39 is 15.4 Å². The summed E-state index contributed by atoms with van der Waals surface area (Å²) >= 11 is 6.39. The molecule has 10 heteroatoms. The molecule has 2 N–H and O–H groups in total. The summed E-state index contributed by atoms with van der Waals surface area (Å²) in [4.78, 5) is 13.9. The highest BCUT2D eigenvalue weighted by molar-refractivity contribution is 8.25. The number of carbonyl (C=O) groups is 1. The third kappa shape index (κ3) is 3.93. The Morgan fingerprint density at radius 3 is 2.32 bits per heavy atom. The first-order chi connectivity index (χ1) is 11.9. The van der Waals surface area contributed by atoms with Gasteiger partial charge in [-0.3, -0.25) is 9.69 Å². The number of hydrogen-bond donors (Lipinski definition) is 1. The molecule has 1 unspecified atom stereocenters. The van der Waals surface area contributed by atoms with Gasteiger partial charge in [0.1, 0.15) is 4.32 Å². The zero-order chi connectivity index (χ0) is 18.0. The summed E-state index contributed by atoms with van der Waals surface area (Å²) < 4.78 is 22.8. The molecule has 1 aliphatic heterocycles. The minimum Gasteiger partial charge on any atom is -0.270 e.